The van der Waals surface area contributed by atoms with Crippen molar-refractivity contribution in [3.05, 3.63) is 29.0 Å². The van der Waals surface area contributed by atoms with Crippen molar-refractivity contribution < 1.29 is 19.1 Å². The lowest BCUT2D eigenvalue weighted by Gasteiger charge is -2.22. The standard InChI is InChI=1S/C16H20ClN3O4/c17-11-6-7-18-13(8-11)16(23)19-9-15(22)24-10-14(21)20-12-4-2-1-3-5-12/h6-8,12H,1-5,9-10H2,(H,19,23)(H,20,21). The minimum atomic E-state index is -0.691. The van der Waals surface area contributed by atoms with Crippen molar-refractivity contribution in [3.8, 4) is 0 Å². The second-order valence-corrected chi connectivity index (χ2v) is 6.04. The van der Waals surface area contributed by atoms with Crippen molar-refractivity contribution in [2.24, 2.45) is 0 Å². The molecule has 7 nitrogen and oxygen atoms in total. The van der Waals surface area contributed by atoms with Gasteiger partial charge in [0.2, 0.25) is 0 Å². The maximum Gasteiger partial charge on any atom is 0.325 e. The molecule has 1 aromatic heterocycles. The van der Waals surface area contributed by atoms with Gasteiger partial charge in [-0.05, 0) is 25.0 Å². The molecule has 24 heavy (non-hydrogen) atoms. The highest BCUT2D eigenvalue weighted by Crippen LogP contribution is 2.17. The van der Waals surface area contributed by atoms with Crippen molar-refractivity contribution in [2.75, 3.05) is 13.2 Å². The molecule has 0 aliphatic heterocycles. The number of carbonyl (C=O) groups excluding carboxylic acids is 3. The Balaban J connectivity index is 1.65. The molecule has 2 rings (SSSR count). The predicted octanol–water partition coefficient (Wildman–Crippen LogP) is 1.46. The molecule has 8 heteroatoms. The second kappa shape index (κ2) is 9.22. The van der Waals surface area contributed by atoms with E-state index in [0.29, 0.717) is 5.02 Å². The van der Waals surface area contributed by atoms with Gasteiger partial charge in [0.1, 0.15) is 12.2 Å². The fourth-order valence-corrected chi connectivity index (χ4v) is 2.64. The van der Waals surface area contributed by atoms with Crippen LogP contribution in [0.1, 0.15) is 42.6 Å². The van der Waals surface area contributed by atoms with E-state index in [1.807, 2.05) is 0 Å². The van der Waals surface area contributed by atoms with Gasteiger partial charge in [0.25, 0.3) is 11.8 Å². The number of nitrogens with zero attached hydrogens (tertiary/aromatic N) is 1. The monoisotopic (exact) mass is 353 g/mol. The summed E-state index contributed by atoms with van der Waals surface area (Å²) in [4.78, 5) is 38.9. The first-order valence-corrected chi connectivity index (χ1v) is 8.27. The van der Waals surface area contributed by atoms with Crippen LogP contribution in [0, 0.1) is 0 Å². The fourth-order valence-electron chi connectivity index (χ4n) is 2.49. The van der Waals surface area contributed by atoms with Crippen molar-refractivity contribution in [2.45, 2.75) is 38.1 Å². The van der Waals surface area contributed by atoms with Gasteiger partial charge >= 0.3 is 5.97 Å². The lowest BCUT2D eigenvalue weighted by molar-refractivity contribution is -0.147. The molecule has 2 N–H and O–H groups in total. The van der Waals surface area contributed by atoms with Gasteiger partial charge in [0.05, 0.1) is 0 Å². The lowest BCUT2D eigenvalue weighted by atomic mass is 9.95. The summed E-state index contributed by atoms with van der Waals surface area (Å²) in [6, 6.07) is 3.09. The Morgan fingerprint density at radius 1 is 1.25 bits per heavy atom. The van der Waals surface area contributed by atoms with E-state index in [4.69, 9.17) is 16.3 Å². The van der Waals surface area contributed by atoms with Gasteiger partial charge in [-0.15, -0.1) is 0 Å². The number of pyridine rings is 1. The van der Waals surface area contributed by atoms with Gasteiger partial charge < -0.3 is 15.4 Å². The van der Waals surface area contributed by atoms with E-state index in [9.17, 15) is 14.4 Å². The average Bonchev–Trinajstić information content (AvgIpc) is 2.58. The number of hydrogen-bond acceptors (Lipinski definition) is 5. The van der Waals surface area contributed by atoms with Crippen LogP contribution in [-0.2, 0) is 14.3 Å². The largest absolute Gasteiger partial charge is 0.454 e. The predicted molar refractivity (Wildman–Crippen MR) is 87.6 cm³/mol. The molecule has 0 atom stereocenters. The third kappa shape index (κ3) is 6.16. The highest BCUT2D eigenvalue weighted by atomic mass is 35.5. The molecule has 2 amide bonds. The van der Waals surface area contributed by atoms with Gasteiger partial charge in [-0.1, -0.05) is 30.9 Å². The first-order valence-electron chi connectivity index (χ1n) is 7.89. The van der Waals surface area contributed by atoms with Crippen LogP contribution in [-0.4, -0.2) is 42.0 Å². The van der Waals surface area contributed by atoms with Crippen LogP contribution < -0.4 is 10.6 Å². The Kier molecular flexibility index (Phi) is 6.99. The van der Waals surface area contributed by atoms with Crippen LogP contribution in [0.5, 0.6) is 0 Å². The fraction of sp³-hybridized carbons (Fsp3) is 0.500. The Labute approximate surface area is 145 Å². The number of rotatable bonds is 6. The molecule has 1 aliphatic rings. The van der Waals surface area contributed by atoms with E-state index >= 15 is 0 Å². The summed E-state index contributed by atoms with van der Waals surface area (Å²) in [5.74, 6) is -1.55. The van der Waals surface area contributed by atoms with Crippen LogP contribution in [0.15, 0.2) is 18.3 Å². The molecule has 0 unspecified atom stereocenters. The van der Waals surface area contributed by atoms with Crippen molar-refractivity contribution >= 4 is 29.4 Å². The number of ether oxygens (including phenoxy) is 1. The number of amides is 2. The van der Waals surface area contributed by atoms with E-state index in [1.54, 1.807) is 0 Å². The molecule has 130 valence electrons. The zero-order chi connectivity index (χ0) is 17.4. The summed E-state index contributed by atoms with van der Waals surface area (Å²) in [5, 5.41) is 5.58. The van der Waals surface area contributed by atoms with Crippen LogP contribution in [0.3, 0.4) is 0 Å². The van der Waals surface area contributed by atoms with Crippen LogP contribution in [0.2, 0.25) is 5.02 Å². The van der Waals surface area contributed by atoms with E-state index < -0.39 is 11.9 Å². The summed E-state index contributed by atoms with van der Waals surface area (Å²) in [6.45, 7) is -0.690. The summed E-state index contributed by atoms with van der Waals surface area (Å²) in [6.07, 6.45) is 6.72. The Bertz CT molecular complexity index is 603. The number of aromatic nitrogens is 1. The van der Waals surface area contributed by atoms with Crippen LogP contribution >= 0.6 is 11.6 Å². The minimum absolute atomic E-state index is 0.102. The smallest absolute Gasteiger partial charge is 0.325 e. The number of hydrogen-bond donors (Lipinski definition) is 2. The van der Waals surface area contributed by atoms with Crippen LogP contribution in [0.4, 0.5) is 0 Å². The second-order valence-electron chi connectivity index (χ2n) is 5.61. The molecule has 1 aromatic rings. The topological polar surface area (TPSA) is 97.4 Å². The molecular weight excluding hydrogens is 334 g/mol. The summed E-state index contributed by atoms with van der Waals surface area (Å²) in [5.41, 5.74) is 0.102. The molecule has 1 aliphatic carbocycles. The van der Waals surface area contributed by atoms with E-state index in [1.165, 1.54) is 24.8 Å². The van der Waals surface area contributed by atoms with Gasteiger partial charge in [0.15, 0.2) is 6.61 Å². The highest BCUT2D eigenvalue weighted by molar-refractivity contribution is 6.30. The SMILES string of the molecule is O=C(COC(=O)CNC(=O)c1cc(Cl)ccn1)NC1CCCCC1. The molecule has 1 saturated carbocycles. The molecule has 1 heterocycles. The molecule has 1 fully saturated rings. The maximum absolute atomic E-state index is 11.8. The van der Waals surface area contributed by atoms with Gasteiger partial charge in [0, 0.05) is 17.3 Å². The van der Waals surface area contributed by atoms with Crippen LogP contribution in [0.25, 0.3) is 0 Å². The third-order valence-corrected chi connectivity index (χ3v) is 3.92. The van der Waals surface area contributed by atoms with Gasteiger partial charge in [-0.2, -0.15) is 0 Å². The quantitative estimate of drug-likeness (QED) is 0.754. The summed E-state index contributed by atoms with van der Waals surface area (Å²) < 4.78 is 4.84. The number of carbonyl (C=O) groups is 3. The average molecular weight is 354 g/mol. The Morgan fingerprint density at radius 2 is 2.00 bits per heavy atom. The Hall–Kier alpha value is -2.15. The molecule has 0 spiro atoms. The summed E-state index contributed by atoms with van der Waals surface area (Å²) in [7, 11) is 0. The third-order valence-electron chi connectivity index (χ3n) is 3.68. The van der Waals surface area contributed by atoms with E-state index in [0.717, 1.165) is 25.7 Å². The van der Waals surface area contributed by atoms with E-state index in [2.05, 4.69) is 15.6 Å². The lowest BCUT2D eigenvalue weighted by Crippen LogP contribution is -2.39. The minimum Gasteiger partial charge on any atom is -0.454 e. The van der Waals surface area contributed by atoms with Gasteiger partial charge in [-0.3, -0.25) is 19.4 Å². The van der Waals surface area contributed by atoms with E-state index in [-0.39, 0.29) is 30.8 Å². The molecule has 0 radical (unpaired) electrons. The molecule has 0 aromatic carbocycles. The summed E-state index contributed by atoms with van der Waals surface area (Å²) >= 11 is 5.76. The zero-order valence-electron chi connectivity index (χ0n) is 13.2. The maximum atomic E-state index is 11.8. The number of halogens is 1. The first-order chi connectivity index (χ1) is 11.5. The normalized spacial score (nSPS) is 14.7. The number of nitrogens with one attached hydrogen (secondary N) is 2. The van der Waals surface area contributed by atoms with Crippen molar-refractivity contribution in [1.29, 1.82) is 0 Å². The van der Waals surface area contributed by atoms with Gasteiger partial charge in [-0.25, -0.2) is 0 Å². The highest BCUT2D eigenvalue weighted by Gasteiger charge is 2.17. The molecule has 0 bridgehead atoms. The molecular formula is C16H20ClN3O4. The Morgan fingerprint density at radius 3 is 2.71 bits per heavy atom. The number of esters is 1. The van der Waals surface area contributed by atoms with Crippen molar-refractivity contribution in [1.82, 2.24) is 15.6 Å². The first kappa shape index (κ1) is 18.2. The molecule has 0 saturated heterocycles. The van der Waals surface area contributed by atoms with Crippen molar-refractivity contribution in [3.63, 3.8) is 0 Å². The zero-order valence-corrected chi connectivity index (χ0v) is 14.0.